The number of carbonyl (C=O) groups is 1. The molecule has 0 aliphatic heterocycles. The molecule has 0 aromatic carbocycles. The summed E-state index contributed by atoms with van der Waals surface area (Å²) in [7, 11) is 3.26. The van der Waals surface area contributed by atoms with Gasteiger partial charge in [0.25, 0.3) is 5.91 Å². The summed E-state index contributed by atoms with van der Waals surface area (Å²) in [5, 5.41) is 0. The Morgan fingerprint density at radius 1 is 1.36 bits per heavy atom. The van der Waals surface area contributed by atoms with Gasteiger partial charge in [0, 0.05) is 20.3 Å². The molecule has 0 spiro atoms. The summed E-state index contributed by atoms with van der Waals surface area (Å²) in [6.07, 6.45) is 1.22. The molecule has 0 aliphatic carbocycles. The molecule has 4 heteroatoms. The fourth-order valence-electron chi connectivity index (χ4n) is 0.761. The summed E-state index contributed by atoms with van der Waals surface area (Å²) in [6.45, 7) is 4.00. The largest absolute Gasteiger partial charge is 0.345 e. The van der Waals surface area contributed by atoms with Crippen LogP contribution in [-0.4, -0.2) is 29.9 Å². The third kappa shape index (κ3) is 3.51. The molecular formula is C10H15FN2O. The van der Waals surface area contributed by atoms with Crippen LogP contribution in [-0.2, 0) is 0 Å². The zero-order valence-electron chi connectivity index (χ0n) is 8.91. The zero-order chi connectivity index (χ0) is 11.1. The summed E-state index contributed by atoms with van der Waals surface area (Å²) < 4.78 is 12.3. The molecule has 0 saturated heterocycles. The number of halogens is 1. The van der Waals surface area contributed by atoms with Gasteiger partial charge in [-0.25, -0.2) is 4.98 Å². The first-order valence-electron chi connectivity index (χ1n) is 4.44. The normalized spacial score (nSPS) is 8.64. The number of pyridine rings is 1. The number of amides is 1. The van der Waals surface area contributed by atoms with Crippen molar-refractivity contribution < 1.29 is 9.18 Å². The van der Waals surface area contributed by atoms with Gasteiger partial charge in [0.2, 0.25) is 5.95 Å². The molecule has 0 N–H and O–H groups in total. The molecule has 0 unspecified atom stereocenters. The minimum absolute atomic E-state index is 0.178. The second-order valence-corrected chi connectivity index (χ2v) is 2.57. The summed E-state index contributed by atoms with van der Waals surface area (Å²) in [5.41, 5.74) is 0.390. The average molecular weight is 198 g/mol. The van der Waals surface area contributed by atoms with E-state index in [1.807, 2.05) is 13.8 Å². The van der Waals surface area contributed by atoms with Gasteiger partial charge in [-0.3, -0.25) is 4.79 Å². The molecule has 1 aromatic rings. The number of hydrogen-bond donors (Lipinski definition) is 0. The highest BCUT2D eigenvalue weighted by Gasteiger charge is 2.07. The maximum atomic E-state index is 12.3. The second kappa shape index (κ2) is 6.07. The Hall–Kier alpha value is -1.45. The first-order chi connectivity index (χ1) is 6.61. The van der Waals surface area contributed by atoms with E-state index in [1.54, 1.807) is 14.1 Å². The highest BCUT2D eigenvalue weighted by molar-refractivity contribution is 5.93. The molecule has 0 saturated carbocycles. The first kappa shape index (κ1) is 12.6. The van der Waals surface area contributed by atoms with Crippen LogP contribution in [0, 0.1) is 5.95 Å². The van der Waals surface area contributed by atoms with E-state index in [9.17, 15) is 9.18 Å². The molecule has 0 bridgehead atoms. The zero-order valence-corrected chi connectivity index (χ0v) is 8.91. The van der Waals surface area contributed by atoms with Crippen LogP contribution in [0.25, 0.3) is 0 Å². The summed E-state index contributed by atoms with van der Waals surface area (Å²) in [5.74, 6) is -0.757. The number of aromatic nitrogens is 1. The van der Waals surface area contributed by atoms with Crippen molar-refractivity contribution in [3.63, 3.8) is 0 Å². The lowest BCUT2D eigenvalue weighted by atomic mass is 10.2. The molecule has 14 heavy (non-hydrogen) atoms. The number of carbonyl (C=O) groups excluding carboxylic acids is 1. The van der Waals surface area contributed by atoms with Crippen LogP contribution >= 0.6 is 0 Å². The van der Waals surface area contributed by atoms with E-state index in [1.165, 1.54) is 17.2 Å². The highest BCUT2D eigenvalue weighted by Crippen LogP contribution is 2.01. The van der Waals surface area contributed by atoms with Gasteiger partial charge < -0.3 is 4.90 Å². The Morgan fingerprint density at radius 2 is 1.93 bits per heavy atom. The van der Waals surface area contributed by atoms with E-state index in [0.29, 0.717) is 5.56 Å². The van der Waals surface area contributed by atoms with Gasteiger partial charge in [0.1, 0.15) is 0 Å². The Kier molecular flexibility index (Phi) is 5.44. The Balaban J connectivity index is 0.000000791. The van der Waals surface area contributed by atoms with Crippen molar-refractivity contribution in [2.45, 2.75) is 13.8 Å². The van der Waals surface area contributed by atoms with Gasteiger partial charge in [-0.1, -0.05) is 13.8 Å². The molecule has 1 rings (SSSR count). The van der Waals surface area contributed by atoms with Crippen molar-refractivity contribution >= 4 is 5.91 Å². The van der Waals surface area contributed by atoms with Crippen molar-refractivity contribution in [3.8, 4) is 0 Å². The van der Waals surface area contributed by atoms with Crippen LogP contribution in [0.4, 0.5) is 4.39 Å². The van der Waals surface area contributed by atoms with Crippen LogP contribution in [0.15, 0.2) is 18.3 Å². The fraction of sp³-hybridized carbons (Fsp3) is 0.400. The van der Waals surface area contributed by atoms with E-state index < -0.39 is 5.95 Å². The molecule has 3 nitrogen and oxygen atoms in total. The van der Waals surface area contributed by atoms with Crippen molar-refractivity contribution in [2.24, 2.45) is 0 Å². The standard InChI is InChI=1S/C8H9FN2O.C2H6/c1-11(2)8(12)6-3-4-7(9)10-5-6;1-2/h3-5H,1-2H3;1-2H3. The molecule has 0 aliphatic rings. The van der Waals surface area contributed by atoms with Crippen LogP contribution in [0.3, 0.4) is 0 Å². The number of rotatable bonds is 1. The molecule has 1 heterocycles. The quantitative estimate of drug-likeness (QED) is 0.646. The third-order valence-electron chi connectivity index (χ3n) is 1.38. The maximum absolute atomic E-state index is 12.3. The predicted molar refractivity (Wildman–Crippen MR) is 53.6 cm³/mol. The summed E-state index contributed by atoms with van der Waals surface area (Å²) in [6, 6.07) is 2.57. The topological polar surface area (TPSA) is 33.2 Å². The summed E-state index contributed by atoms with van der Waals surface area (Å²) in [4.78, 5) is 16.0. The second-order valence-electron chi connectivity index (χ2n) is 2.57. The van der Waals surface area contributed by atoms with Crippen LogP contribution in [0.1, 0.15) is 24.2 Å². The van der Waals surface area contributed by atoms with Gasteiger partial charge in [-0.2, -0.15) is 4.39 Å². The van der Waals surface area contributed by atoms with E-state index in [4.69, 9.17) is 0 Å². The fourth-order valence-corrected chi connectivity index (χ4v) is 0.761. The van der Waals surface area contributed by atoms with E-state index in [-0.39, 0.29) is 5.91 Å². The summed E-state index contributed by atoms with van der Waals surface area (Å²) >= 11 is 0. The molecule has 1 aromatic heterocycles. The molecule has 0 radical (unpaired) electrons. The van der Waals surface area contributed by atoms with E-state index in [0.717, 1.165) is 6.07 Å². The minimum atomic E-state index is -0.578. The molecule has 0 fully saturated rings. The monoisotopic (exact) mass is 198 g/mol. The lowest BCUT2D eigenvalue weighted by molar-refractivity contribution is 0.0827. The number of nitrogens with zero attached hydrogens (tertiary/aromatic N) is 2. The highest BCUT2D eigenvalue weighted by atomic mass is 19.1. The van der Waals surface area contributed by atoms with Gasteiger partial charge in [-0.15, -0.1) is 0 Å². The predicted octanol–water partition coefficient (Wildman–Crippen LogP) is 1.95. The van der Waals surface area contributed by atoms with Crippen LogP contribution < -0.4 is 0 Å². The third-order valence-corrected chi connectivity index (χ3v) is 1.38. The lowest BCUT2D eigenvalue weighted by Gasteiger charge is -2.08. The van der Waals surface area contributed by atoms with Crippen molar-refractivity contribution in [3.05, 3.63) is 29.8 Å². The van der Waals surface area contributed by atoms with Gasteiger partial charge >= 0.3 is 0 Å². The molecule has 1 amide bonds. The Morgan fingerprint density at radius 3 is 2.29 bits per heavy atom. The smallest absolute Gasteiger partial charge is 0.254 e. The van der Waals surface area contributed by atoms with Crippen molar-refractivity contribution in [2.75, 3.05) is 14.1 Å². The Labute approximate surface area is 83.6 Å². The Bertz CT molecular complexity index is 283. The van der Waals surface area contributed by atoms with Gasteiger partial charge in [-0.05, 0) is 12.1 Å². The van der Waals surface area contributed by atoms with E-state index >= 15 is 0 Å². The van der Waals surface area contributed by atoms with Crippen LogP contribution in [0.5, 0.6) is 0 Å². The molecule has 0 atom stereocenters. The van der Waals surface area contributed by atoms with E-state index in [2.05, 4.69) is 4.98 Å². The van der Waals surface area contributed by atoms with Gasteiger partial charge in [0.05, 0.1) is 5.56 Å². The average Bonchev–Trinajstić information content (AvgIpc) is 2.21. The minimum Gasteiger partial charge on any atom is -0.345 e. The lowest BCUT2D eigenvalue weighted by Crippen LogP contribution is -2.21. The van der Waals surface area contributed by atoms with Gasteiger partial charge in [0.15, 0.2) is 0 Å². The molecular weight excluding hydrogens is 183 g/mol. The SMILES string of the molecule is CC.CN(C)C(=O)c1ccc(F)nc1. The maximum Gasteiger partial charge on any atom is 0.254 e. The molecule has 78 valence electrons. The first-order valence-corrected chi connectivity index (χ1v) is 4.44. The van der Waals surface area contributed by atoms with Crippen LogP contribution in [0.2, 0.25) is 0 Å². The number of hydrogen-bond acceptors (Lipinski definition) is 2. The van der Waals surface area contributed by atoms with Crippen molar-refractivity contribution in [1.29, 1.82) is 0 Å². The van der Waals surface area contributed by atoms with Crippen molar-refractivity contribution in [1.82, 2.24) is 9.88 Å².